The minimum absolute atomic E-state index is 0.00172. The number of hydrogen-bond acceptors (Lipinski definition) is 7. The van der Waals surface area contributed by atoms with E-state index in [-0.39, 0.29) is 34.1 Å². The molecule has 0 unspecified atom stereocenters. The number of halogens is 4. The number of rotatable bonds is 5. The van der Waals surface area contributed by atoms with E-state index < -0.39 is 34.8 Å². The second kappa shape index (κ2) is 12.7. The third kappa shape index (κ3) is 7.24. The molecule has 1 aliphatic heterocycles. The van der Waals surface area contributed by atoms with Crippen LogP contribution in [0.3, 0.4) is 0 Å². The molecule has 0 spiro atoms. The van der Waals surface area contributed by atoms with Crippen molar-refractivity contribution in [2.45, 2.75) is 59.4 Å². The smallest absolute Gasteiger partial charge is 0.416 e. The summed E-state index contributed by atoms with van der Waals surface area (Å²) in [6, 6.07) is 2.64. The van der Waals surface area contributed by atoms with Crippen molar-refractivity contribution in [3.63, 3.8) is 0 Å². The standard InChI is InChI=1S/C30H32ClF3N6O4/c1-6-8-19-16-35-27-24(36-19)26(42)25(38-11-13-39(14-12-38)28(43)44-29(3,4)5)22(7-2)40(27)17-23(41)37-21-10-9-18(15-20(21)31)30(32,33)34/h9-10,15-16H,7,11-14,17H2,1-5H3,(H,37,41). The topological polar surface area (TPSA) is 110 Å². The molecule has 0 bridgehead atoms. The highest BCUT2D eigenvalue weighted by molar-refractivity contribution is 6.33. The molecule has 2 amide bonds. The van der Waals surface area contributed by atoms with Gasteiger partial charge in [-0.3, -0.25) is 9.59 Å². The van der Waals surface area contributed by atoms with E-state index >= 15 is 0 Å². The van der Waals surface area contributed by atoms with Gasteiger partial charge in [-0.1, -0.05) is 24.4 Å². The maximum atomic E-state index is 13.9. The van der Waals surface area contributed by atoms with Crippen molar-refractivity contribution >= 4 is 46.1 Å². The first kappa shape index (κ1) is 32.6. The molecule has 1 aliphatic rings. The van der Waals surface area contributed by atoms with Crippen LogP contribution >= 0.6 is 11.6 Å². The molecule has 2 aromatic heterocycles. The molecule has 1 aromatic carbocycles. The normalized spacial score (nSPS) is 13.8. The highest BCUT2D eigenvalue weighted by atomic mass is 35.5. The zero-order chi connectivity index (χ0) is 32.4. The number of fused-ring (bicyclic) bond motifs is 1. The Hall–Kier alpha value is -4.31. The summed E-state index contributed by atoms with van der Waals surface area (Å²) in [5.41, 5.74) is -0.738. The van der Waals surface area contributed by atoms with Gasteiger partial charge in [-0.2, -0.15) is 13.2 Å². The Morgan fingerprint density at radius 3 is 2.39 bits per heavy atom. The summed E-state index contributed by atoms with van der Waals surface area (Å²) in [6.45, 7) is 9.71. The molecule has 10 nitrogen and oxygen atoms in total. The number of amides is 2. The summed E-state index contributed by atoms with van der Waals surface area (Å²) in [5, 5.41) is 2.28. The third-order valence-corrected chi connectivity index (χ3v) is 7.06. The number of carbonyl (C=O) groups is 2. The van der Waals surface area contributed by atoms with Crippen LogP contribution < -0.4 is 15.6 Å². The van der Waals surface area contributed by atoms with E-state index in [9.17, 15) is 27.6 Å². The summed E-state index contributed by atoms with van der Waals surface area (Å²) in [4.78, 5) is 52.1. The molecule has 1 fully saturated rings. The maximum Gasteiger partial charge on any atom is 0.416 e. The van der Waals surface area contributed by atoms with E-state index in [1.54, 1.807) is 37.2 Å². The number of piperazine rings is 1. The lowest BCUT2D eigenvalue weighted by Crippen LogP contribution is -2.51. The first-order chi connectivity index (χ1) is 20.6. The number of ether oxygens (including phenoxy) is 1. The van der Waals surface area contributed by atoms with Gasteiger partial charge in [0.1, 0.15) is 23.5 Å². The highest BCUT2D eigenvalue weighted by Gasteiger charge is 2.32. The van der Waals surface area contributed by atoms with Gasteiger partial charge in [0, 0.05) is 31.9 Å². The molecule has 3 heterocycles. The zero-order valence-corrected chi connectivity index (χ0v) is 25.7. The van der Waals surface area contributed by atoms with Gasteiger partial charge >= 0.3 is 12.3 Å². The second-order valence-corrected chi connectivity index (χ2v) is 11.5. The molecule has 0 atom stereocenters. The first-order valence-corrected chi connectivity index (χ1v) is 14.3. The number of pyridine rings is 1. The Morgan fingerprint density at radius 1 is 1.14 bits per heavy atom. The van der Waals surface area contributed by atoms with E-state index in [1.807, 2.05) is 11.8 Å². The van der Waals surface area contributed by atoms with Crippen LogP contribution in [0.2, 0.25) is 5.02 Å². The molecular weight excluding hydrogens is 601 g/mol. The monoisotopic (exact) mass is 632 g/mol. The summed E-state index contributed by atoms with van der Waals surface area (Å²) in [6.07, 6.45) is -3.31. The maximum absolute atomic E-state index is 13.9. The summed E-state index contributed by atoms with van der Waals surface area (Å²) in [5.74, 6) is 4.91. The average molecular weight is 633 g/mol. The van der Waals surface area contributed by atoms with E-state index in [4.69, 9.17) is 16.3 Å². The molecule has 1 N–H and O–H groups in total. The van der Waals surface area contributed by atoms with Crippen LogP contribution in [-0.2, 0) is 28.7 Å². The van der Waals surface area contributed by atoms with Gasteiger partial charge in [-0.05, 0) is 58.2 Å². The number of alkyl halides is 3. The second-order valence-electron chi connectivity index (χ2n) is 11.1. The Morgan fingerprint density at radius 2 is 1.82 bits per heavy atom. The predicted octanol–water partition coefficient (Wildman–Crippen LogP) is 5.09. The number of anilines is 2. The van der Waals surface area contributed by atoms with Crippen LogP contribution in [0.4, 0.5) is 29.3 Å². The lowest BCUT2D eigenvalue weighted by molar-refractivity contribution is -0.137. The van der Waals surface area contributed by atoms with Gasteiger partial charge in [-0.15, -0.1) is 0 Å². The first-order valence-electron chi connectivity index (χ1n) is 13.9. The fraction of sp³-hybridized carbons (Fsp3) is 0.433. The van der Waals surface area contributed by atoms with Crippen LogP contribution in [0.25, 0.3) is 11.2 Å². The summed E-state index contributed by atoms with van der Waals surface area (Å²) < 4.78 is 46.3. The largest absolute Gasteiger partial charge is 0.444 e. The van der Waals surface area contributed by atoms with Crippen molar-refractivity contribution in [1.82, 2.24) is 19.4 Å². The van der Waals surface area contributed by atoms with Crippen molar-refractivity contribution in [1.29, 1.82) is 0 Å². The van der Waals surface area contributed by atoms with Gasteiger partial charge in [0.25, 0.3) is 0 Å². The number of hydrogen-bond donors (Lipinski definition) is 1. The number of carbonyl (C=O) groups excluding carboxylic acids is 2. The molecule has 1 saturated heterocycles. The number of aromatic nitrogens is 3. The van der Waals surface area contributed by atoms with Crippen LogP contribution in [0, 0.1) is 11.8 Å². The highest BCUT2D eigenvalue weighted by Crippen LogP contribution is 2.34. The fourth-order valence-electron chi connectivity index (χ4n) is 4.84. The minimum atomic E-state index is -4.59. The summed E-state index contributed by atoms with van der Waals surface area (Å²) in [7, 11) is 0. The zero-order valence-electron chi connectivity index (χ0n) is 24.9. The Bertz CT molecular complexity index is 1710. The van der Waals surface area contributed by atoms with Crippen molar-refractivity contribution < 1.29 is 27.5 Å². The van der Waals surface area contributed by atoms with Gasteiger partial charge in [0.2, 0.25) is 11.3 Å². The molecule has 3 aromatic rings. The van der Waals surface area contributed by atoms with Gasteiger partial charge in [0.15, 0.2) is 11.2 Å². The molecule has 4 rings (SSSR count). The SMILES string of the molecule is CC#Cc1cnc2c(n1)c(=O)c(N1CCN(C(=O)OC(C)(C)C)CC1)c(CC)n2CC(=O)Nc1ccc(C(F)(F)F)cc1Cl. The van der Waals surface area contributed by atoms with Crippen molar-refractivity contribution in [3.8, 4) is 11.8 Å². The van der Waals surface area contributed by atoms with E-state index in [0.29, 0.717) is 44.0 Å². The molecule has 0 aliphatic carbocycles. The molecule has 44 heavy (non-hydrogen) atoms. The van der Waals surface area contributed by atoms with Crippen LogP contribution in [0.1, 0.15) is 51.6 Å². The number of nitrogens with zero attached hydrogens (tertiary/aromatic N) is 5. The van der Waals surface area contributed by atoms with Crippen molar-refractivity contribution in [2.24, 2.45) is 0 Å². The molecule has 14 heteroatoms. The molecular formula is C30H32ClF3N6O4. The van der Waals surface area contributed by atoms with Crippen LogP contribution in [-0.4, -0.2) is 63.2 Å². The van der Waals surface area contributed by atoms with E-state index in [1.165, 1.54) is 6.20 Å². The van der Waals surface area contributed by atoms with Gasteiger partial charge in [0.05, 0.1) is 22.5 Å². The van der Waals surface area contributed by atoms with E-state index in [2.05, 4.69) is 27.1 Å². The quantitative estimate of drug-likeness (QED) is 0.390. The Labute approximate surface area is 257 Å². The average Bonchev–Trinajstić information content (AvgIpc) is 2.94. The lowest BCUT2D eigenvalue weighted by atomic mass is 10.1. The van der Waals surface area contributed by atoms with Crippen molar-refractivity contribution in [2.75, 3.05) is 36.4 Å². The van der Waals surface area contributed by atoms with Gasteiger partial charge < -0.3 is 24.4 Å². The molecule has 0 radical (unpaired) electrons. The number of nitrogens with one attached hydrogen (secondary N) is 1. The van der Waals surface area contributed by atoms with E-state index in [0.717, 1.165) is 18.2 Å². The van der Waals surface area contributed by atoms with Crippen molar-refractivity contribution in [3.05, 3.63) is 56.6 Å². The summed E-state index contributed by atoms with van der Waals surface area (Å²) >= 11 is 6.06. The minimum Gasteiger partial charge on any atom is -0.444 e. The van der Waals surface area contributed by atoms with Crippen LogP contribution in [0.15, 0.2) is 29.2 Å². The predicted molar refractivity (Wildman–Crippen MR) is 161 cm³/mol. The molecule has 0 saturated carbocycles. The Kier molecular flexibility index (Phi) is 9.44. The Balaban J connectivity index is 1.72. The lowest BCUT2D eigenvalue weighted by Gasteiger charge is -2.37. The van der Waals surface area contributed by atoms with Gasteiger partial charge in [-0.25, -0.2) is 14.8 Å². The van der Waals surface area contributed by atoms with Crippen LogP contribution in [0.5, 0.6) is 0 Å². The molecule has 234 valence electrons. The third-order valence-electron chi connectivity index (χ3n) is 6.75. The number of benzene rings is 1. The fourth-order valence-corrected chi connectivity index (χ4v) is 5.07.